The summed E-state index contributed by atoms with van der Waals surface area (Å²) in [5, 5.41) is 18.7. The van der Waals surface area contributed by atoms with Crippen LogP contribution in [0.3, 0.4) is 0 Å². The lowest BCUT2D eigenvalue weighted by molar-refractivity contribution is 0.0196. The highest BCUT2D eigenvalue weighted by molar-refractivity contribution is 5.68. The highest BCUT2D eigenvalue weighted by Gasteiger charge is 2.56. The first-order valence-corrected chi connectivity index (χ1v) is 4.78. The molecule has 4 nitrogen and oxygen atoms in total. The maximum absolute atomic E-state index is 11.0. The summed E-state index contributed by atoms with van der Waals surface area (Å²) in [5.74, 6) is 0. The Morgan fingerprint density at radius 1 is 1.54 bits per heavy atom. The summed E-state index contributed by atoms with van der Waals surface area (Å²) in [4.78, 5) is 12.5. The van der Waals surface area contributed by atoms with Gasteiger partial charge in [0.2, 0.25) is 0 Å². The second-order valence-electron chi connectivity index (χ2n) is 4.16. The van der Waals surface area contributed by atoms with Gasteiger partial charge in [-0.05, 0) is 32.6 Å². The van der Waals surface area contributed by atoms with Crippen molar-refractivity contribution < 1.29 is 15.0 Å². The van der Waals surface area contributed by atoms with Gasteiger partial charge >= 0.3 is 6.09 Å². The van der Waals surface area contributed by atoms with Gasteiger partial charge in [-0.25, -0.2) is 4.79 Å². The second-order valence-corrected chi connectivity index (χ2v) is 4.16. The van der Waals surface area contributed by atoms with Crippen LogP contribution >= 0.6 is 0 Å². The molecule has 0 aromatic heterocycles. The van der Waals surface area contributed by atoms with Crippen molar-refractivity contribution in [2.75, 3.05) is 0 Å². The fourth-order valence-corrected chi connectivity index (χ4v) is 2.93. The molecule has 0 aromatic rings. The molecule has 1 atom stereocenters. The SMILES string of the molecule is CC(O)[C@]12CC[C@H](CC1)N2C(=O)O. The summed E-state index contributed by atoms with van der Waals surface area (Å²) in [5.41, 5.74) is -0.462. The molecule has 0 aliphatic carbocycles. The maximum Gasteiger partial charge on any atom is 0.408 e. The van der Waals surface area contributed by atoms with Gasteiger partial charge in [0.1, 0.15) is 0 Å². The number of aliphatic hydroxyl groups is 1. The van der Waals surface area contributed by atoms with Crippen molar-refractivity contribution in [3.05, 3.63) is 0 Å². The van der Waals surface area contributed by atoms with Crippen molar-refractivity contribution in [1.29, 1.82) is 0 Å². The van der Waals surface area contributed by atoms with E-state index in [0.29, 0.717) is 0 Å². The fraction of sp³-hybridized carbons (Fsp3) is 0.889. The lowest BCUT2D eigenvalue weighted by Gasteiger charge is -2.35. The van der Waals surface area contributed by atoms with E-state index in [1.165, 1.54) is 4.90 Å². The summed E-state index contributed by atoms with van der Waals surface area (Å²) in [6.45, 7) is 1.70. The Labute approximate surface area is 77.2 Å². The Morgan fingerprint density at radius 3 is 2.38 bits per heavy atom. The molecule has 2 bridgehead atoms. The quantitative estimate of drug-likeness (QED) is 0.641. The zero-order valence-electron chi connectivity index (χ0n) is 7.73. The Balaban J connectivity index is 2.31. The molecule has 0 saturated carbocycles. The number of nitrogens with zero attached hydrogens (tertiary/aromatic N) is 1. The predicted octanol–water partition coefficient (Wildman–Crippen LogP) is 1.04. The summed E-state index contributed by atoms with van der Waals surface area (Å²) >= 11 is 0. The van der Waals surface area contributed by atoms with Gasteiger partial charge in [0.05, 0.1) is 11.6 Å². The number of carbonyl (C=O) groups is 1. The van der Waals surface area contributed by atoms with Gasteiger partial charge in [0, 0.05) is 6.04 Å². The van der Waals surface area contributed by atoms with Crippen LogP contribution in [0.5, 0.6) is 0 Å². The molecule has 74 valence electrons. The number of hydrogen-bond acceptors (Lipinski definition) is 2. The minimum atomic E-state index is -0.874. The van der Waals surface area contributed by atoms with Crippen molar-refractivity contribution in [3.8, 4) is 0 Å². The van der Waals surface area contributed by atoms with Crippen molar-refractivity contribution in [3.63, 3.8) is 0 Å². The van der Waals surface area contributed by atoms with Gasteiger partial charge in [0.25, 0.3) is 0 Å². The Bertz CT molecular complexity index is 231. The van der Waals surface area contributed by atoms with Gasteiger partial charge in [-0.15, -0.1) is 0 Å². The van der Waals surface area contributed by atoms with Crippen LogP contribution in [-0.2, 0) is 0 Å². The first-order valence-electron chi connectivity index (χ1n) is 4.78. The van der Waals surface area contributed by atoms with Gasteiger partial charge in [0.15, 0.2) is 0 Å². The van der Waals surface area contributed by atoms with Crippen molar-refractivity contribution >= 4 is 6.09 Å². The number of amides is 1. The monoisotopic (exact) mass is 185 g/mol. The van der Waals surface area contributed by atoms with Crippen LogP contribution in [0, 0.1) is 0 Å². The van der Waals surface area contributed by atoms with Gasteiger partial charge in [-0.2, -0.15) is 0 Å². The molecule has 2 fully saturated rings. The van der Waals surface area contributed by atoms with Gasteiger partial charge in [-0.1, -0.05) is 0 Å². The Hall–Kier alpha value is -0.770. The van der Waals surface area contributed by atoms with Crippen LogP contribution in [0.25, 0.3) is 0 Å². The van der Waals surface area contributed by atoms with Crippen LogP contribution in [0.4, 0.5) is 4.79 Å². The maximum atomic E-state index is 11.0. The van der Waals surface area contributed by atoms with Crippen LogP contribution in [0.1, 0.15) is 32.6 Å². The van der Waals surface area contributed by atoms with Crippen LogP contribution in [-0.4, -0.2) is 38.9 Å². The molecule has 1 unspecified atom stereocenters. The Morgan fingerprint density at radius 2 is 2.08 bits per heavy atom. The van der Waals surface area contributed by atoms with E-state index in [2.05, 4.69) is 0 Å². The third kappa shape index (κ3) is 0.981. The minimum absolute atomic E-state index is 0.159. The number of fused-ring (bicyclic) bond motifs is 2. The lowest BCUT2D eigenvalue weighted by Crippen LogP contribution is -2.51. The fourth-order valence-electron chi connectivity index (χ4n) is 2.93. The molecule has 1 amide bonds. The number of carboxylic acid groups (broad SMARTS) is 1. The van der Waals surface area contributed by atoms with Crippen molar-refractivity contribution in [2.24, 2.45) is 0 Å². The van der Waals surface area contributed by atoms with E-state index in [1.807, 2.05) is 0 Å². The Kier molecular flexibility index (Phi) is 1.77. The van der Waals surface area contributed by atoms with Crippen molar-refractivity contribution in [2.45, 2.75) is 50.3 Å². The van der Waals surface area contributed by atoms with E-state index in [4.69, 9.17) is 5.11 Å². The second kappa shape index (κ2) is 2.61. The molecule has 4 heteroatoms. The standard InChI is InChI=1S/C9H15NO3/c1-6(11)9-4-2-7(3-5-9)10(9)8(12)13/h6-7,11H,2-5H2,1H3,(H,12,13)/t6?,7-,9+. The van der Waals surface area contributed by atoms with Crippen LogP contribution in [0.2, 0.25) is 0 Å². The minimum Gasteiger partial charge on any atom is -0.465 e. The smallest absolute Gasteiger partial charge is 0.408 e. The van der Waals surface area contributed by atoms with Crippen LogP contribution < -0.4 is 0 Å². The molecule has 2 N–H and O–H groups in total. The molecule has 13 heavy (non-hydrogen) atoms. The number of rotatable bonds is 1. The van der Waals surface area contributed by atoms with E-state index in [1.54, 1.807) is 6.92 Å². The molecule has 2 rings (SSSR count). The zero-order valence-corrected chi connectivity index (χ0v) is 7.73. The molecular formula is C9H15NO3. The molecule has 2 heterocycles. The summed E-state index contributed by atoms with van der Waals surface area (Å²) < 4.78 is 0. The summed E-state index contributed by atoms with van der Waals surface area (Å²) in [7, 11) is 0. The molecule has 2 saturated heterocycles. The van der Waals surface area contributed by atoms with Gasteiger partial charge in [-0.3, -0.25) is 4.90 Å². The normalized spacial score (nSPS) is 39.5. The van der Waals surface area contributed by atoms with E-state index < -0.39 is 17.7 Å². The molecule has 2 aliphatic heterocycles. The van der Waals surface area contributed by atoms with E-state index in [-0.39, 0.29) is 6.04 Å². The third-order valence-electron chi connectivity index (χ3n) is 3.65. The van der Waals surface area contributed by atoms with Crippen molar-refractivity contribution in [1.82, 2.24) is 4.90 Å². The van der Waals surface area contributed by atoms with E-state index >= 15 is 0 Å². The molecule has 0 radical (unpaired) electrons. The average molecular weight is 185 g/mol. The first-order chi connectivity index (χ1) is 6.08. The number of hydrogen-bond donors (Lipinski definition) is 2. The summed E-state index contributed by atoms with van der Waals surface area (Å²) in [6.07, 6.45) is 2.05. The van der Waals surface area contributed by atoms with E-state index in [9.17, 15) is 9.90 Å². The molecule has 0 spiro atoms. The average Bonchev–Trinajstić information content (AvgIpc) is 2.58. The first kappa shape index (κ1) is 8.81. The topological polar surface area (TPSA) is 60.8 Å². The lowest BCUT2D eigenvalue weighted by atomic mass is 9.84. The zero-order chi connectivity index (χ0) is 9.64. The molecular weight excluding hydrogens is 170 g/mol. The summed E-state index contributed by atoms with van der Waals surface area (Å²) in [6, 6.07) is 0.159. The van der Waals surface area contributed by atoms with Gasteiger partial charge < -0.3 is 10.2 Å². The highest BCUT2D eigenvalue weighted by atomic mass is 16.4. The van der Waals surface area contributed by atoms with Crippen LogP contribution in [0.15, 0.2) is 0 Å². The number of aliphatic hydroxyl groups excluding tert-OH is 1. The van der Waals surface area contributed by atoms with E-state index in [0.717, 1.165) is 25.7 Å². The highest BCUT2D eigenvalue weighted by Crippen LogP contribution is 2.48. The predicted molar refractivity (Wildman–Crippen MR) is 46.5 cm³/mol. The molecule has 0 aromatic carbocycles. The largest absolute Gasteiger partial charge is 0.465 e. The molecule has 2 aliphatic rings. The third-order valence-corrected chi connectivity index (χ3v) is 3.65.